The van der Waals surface area contributed by atoms with Crippen molar-refractivity contribution in [1.29, 1.82) is 0 Å². The molecule has 6 heteroatoms. The third-order valence-corrected chi connectivity index (χ3v) is 6.93. The summed E-state index contributed by atoms with van der Waals surface area (Å²) in [6, 6.07) is 9.82. The van der Waals surface area contributed by atoms with Crippen molar-refractivity contribution in [2.75, 3.05) is 31.1 Å². The fourth-order valence-corrected chi connectivity index (χ4v) is 6.04. The largest absolute Gasteiger partial charge is 0.336 e. The fourth-order valence-electron chi connectivity index (χ4n) is 4.03. The molecule has 2 saturated heterocycles. The molecule has 2 atom stereocenters. The minimum Gasteiger partial charge on any atom is -0.336 e. The zero-order valence-electron chi connectivity index (χ0n) is 15.8. The summed E-state index contributed by atoms with van der Waals surface area (Å²) in [5, 5.41) is 0. The normalized spacial score (nSPS) is 26.2. The number of piperazine rings is 1. The van der Waals surface area contributed by atoms with Crippen LogP contribution in [0.25, 0.3) is 6.08 Å². The molecular formula is C20H28N2O3S. The van der Waals surface area contributed by atoms with Gasteiger partial charge in [0, 0.05) is 31.6 Å². The van der Waals surface area contributed by atoms with Gasteiger partial charge in [0.05, 0.1) is 17.5 Å². The lowest BCUT2D eigenvalue weighted by atomic mass is 10.0. The van der Waals surface area contributed by atoms with Crippen molar-refractivity contribution in [3.63, 3.8) is 0 Å². The van der Waals surface area contributed by atoms with Gasteiger partial charge in [0.15, 0.2) is 9.84 Å². The van der Waals surface area contributed by atoms with Gasteiger partial charge in [0.1, 0.15) is 0 Å². The number of hydrogen-bond donors (Lipinski definition) is 0. The maximum atomic E-state index is 12.5. The third kappa shape index (κ3) is 4.18. The number of fused-ring (bicyclic) bond motifs is 1. The second-order valence-electron chi connectivity index (χ2n) is 7.77. The first kappa shape index (κ1) is 19.1. The minimum atomic E-state index is -3.10. The van der Waals surface area contributed by atoms with Gasteiger partial charge in [0.25, 0.3) is 0 Å². The van der Waals surface area contributed by atoms with Crippen molar-refractivity contribution >= 4 is 21.8 Å². The lowest BCUT2D eigenvalue weighted by molar-refractivity contribution is -0.140. The Morgan fingerprint density at radius 3 is 2.46 bits per heavy atom. The molecule has 5 nitrogen and oxygen atoms in total. The number of hydrogen-bond acceptors (Lipinski definition) is 4. The molecule has 2 aliphatic heterocycles. The number of amides is 1. The predicted octanol–water partition coefficient (Wildman–Crippen LogP) is 2.06. The second kappa shape index (κ2) is 7.53. The van der Waals surface area contributed by atoms with Crippen LogP contribution in [-0.2, 0) is 14.6 Å². The number of carbonyl (C=O) groups is 1. The van der Waals surface area contributed by atoms with Gasteiger partial charge in [-0.3, -0.25) is 9.69 Å². The first-order valence-electron chi connectivity index (χ1n) is 9.24. The molecule has 0 aliphatic carbocycles. The summed E-state index contributed by atoms with van der Waals surface area (Å²) in [4.78, 5) is 16.6. The number of benzene rings is 1. The van der Waals surface area contributed by atoms with Gasteiger partial charge in [-0.05, 0) is 12.5 Å². The van der Waals surface area contributed by atoms with Crippen LogP contribution < -0.4 is 0 Å². The van der Waals surface area contributed by atoms with Gasteiger partial charge in [-0.15, -0.1) is 0 Å². The van der Waals surface area contributed by atoms with E-state index in [1.807, 2.05) is 36.9 Å². The highest BCUT2D eigenvalue weighted by Gasteiger charge is 2.48. The molecule has 26 heavy (non-hydrogen) atoms. The molecule has 0 saturated carbocycles. The lowest BCUT2D eigenvalue weighted by Gasteiger charge is -2.44. The zero-order chi connectivity index (χ0) is 18.9. The van der Waals surface area contributed by atoms with E-state index in [2.05, 4.69) is 30.0 Å². The Bertz CT molecular complexity index is 787. The van der Waals surface area contributed by atoms with Crippen LogP contribution in [0.5, 0.6) is 0 Å². The van der Waals surface area contributed by atoms with Crippen molar-refractivity contribution in [2.45, 2.75) is 32.9 Å². The highest BCUT2D eigenvalue weighted by Crippen LogP contribution is 2.28. The van der Waals surface area contributed by atoms with Crippen LogP contribution in [0.1, 0.15) is 26.3 Å². The summed E-state index contributed by atoms with van der Waals surface area (Å²) in [6.07, 6.45) is 2.14. The van der Waals surface area contributed by atoms with Crippen molar-refractivity contribution < 1.29 is 13.2 Å². The minimum absolute atomic E-state index is 0.0632. The molecule has 0 N–H and O–H groups in total. The van der Waals surface area contributed by atoms with E-state index in [1.165, 1.54) is 5.57 Å². The summed E-state index contributed by atoms with van der Waals surface area (Å²) in [5.41, 5.74) is 2.34. The maximum absolute atomic E-state index is 12.5. The Balaban J connectivity index is 1.78. The van der Waals surface area contributed by atoms with E-state index < -0.39 is 9.84 Å². The smallest absolute Gasteiger partial charge is 0.225 e. The van der Waals surface area contributed by atoms with Crippen LogP contribution in [0.2, 0.25) is 0 Å². The quantitative estimate of drug-likeness (QED) is 0.807. The van der Waals surface area contributed by atoms with Crippen LogP contribution in [-0.4, -0.2) is 67.3 Å². The summed E-state index contributed by atoms with van der Waals surface area (Å²) in [7, 11) is -3.10. The van der Waals surface area contributed by atoms with Crippen LogP contribution in [0.4, 0.5) is 0 Å². The second-order valence-corrected chi connectivity index (χ2v) is 9.92. The van der Waals surface area contributed by atoms with Gasteiger partial charge in [0.2, 0.25) is 5.91 Å². The number of nitrogens with zero attached hydrogens (tertiary/aromatic N) is 2. The Morgan fingerprint density at radius 1 is 1.15 bits per heavy atom. The van der Waals surface area contributed by atoms with Crippen LogP contribution in [0.15, 0.2) is 35.9 Å². The number of rotatable bonds is 4. The first-order chi connectivity index (χ1) is 12.3. The maximum Gasteiger partial charge on any atom is 0.225 e. The van der Waals surface area contributed by atoms with Gasteiger partial charge < -0.3 is 4.90 Å². The van der Waals surface area contributed by atoms with E-state index in [9.17, 15) is 13.2 Å². The van der Waals surface area contributed by atoms with Crippen molar-refractivity contribution in [3.05, 3.63) is 41.5 Å². The van der Waals surface area contributed by atoms with Crippen molar-refractivity contribution in [3.8, 4) is 0 Å². The van der Waals surface area contributed by atoms with E-state index in [1.54, 1.807) is 0 Å². The van der Waals surface area contributed by atoms with E-state index in [0.29, 0.717) is 6.54 Å². The van der Waals surface area contributed by atoms with Crippen molar-refractivity contribution in [2.24, 2.45) is 5.92 Å². The highest BCUT2D eigenvalue weighted by molar-refractivity contribution is 7.91. The average molecular weight is 377 g/mol. The molecule has 0 spiro atoms. The van der Waals surface area contributed by atoms with Crippen LogP contribution in [0, 0.1) is 5.92 Å². The van der Waals surface area contributed by atoms with Gasteiger partial charge in [-0.2, -0.15) is 0 Å². The van der Waals surface area contributed by atoms with E-state index >= 15 is 0 Å². The van der Waals surface area contributed by atoms with Gasteiger partial charge in [-0.25, -0.2) is 8.42 Å². The standard InChI is InChI=1S/C20H28N2O3S/c1-15(2)20(23)22-10-9-21(18-13-26(24,25)14-19(18)22)12-16(3)11-17-7-5-4-6-8-17/h4-8,11,15,18-19H,9-10,12-14H2,1-3H3. The zero-order valence-corrected chi connectivity index (χ0v) is 16.6. The molecule has 2 aliphatic rings. The molecule has 1 aromatic rings. The summed E-state index contributed by atoms with van der Waals surface area (Å²) in [5.74, 6) is 0.199. The van der Waals surface area contributed by atoms with Crippen LogP contribution in [0.3, 0.4) is 0 Å². The average Bonchev–Trinajstić information content (AvgIpc) is 2.90. The fraction of sp³-hybridized carbons (Fsp3) is 0.550. The molecule has 2 heterocycles. The van der Waals surface area contributed by atoms with E-state index in [0.717, 1.165) is 18.7 Å². The number of sulfone groups is 1. The topological polar surface area (TPSA) is 57.7 Å². The van der Waals surface area contributed by atoms with Crippen LogP contribution >= 0.6 is 0 Å². The summed E-state index contributed by atoms with van der Waals surface area (Å²) >= 11 is 0. The molecule has 3 rings (SSSR count). The van der Waals surface area contributed by atoms with E-state index in [-0.39, 0.29) is 35.4 Å². The van der Waals surface area contributed by atoms with Crippen molar-refractivity contribution in [1.82, 2.24) is 9.80 Å². The number of carbonyl (C=O) groups excluding carboxylic acids is 1. The molecular weight excluding hydrogens is 348 g/mol. The molecule has 0 bridgehead atoms. The van der Waals surface area contributed by atoms with Gasteiger partial charge in [-0.1, -0.05) is 55.8 Å². The molecule has 0 radical (unpaired) electrons. The monoisotopic (exact) mass is 376 g/mol. The Morgan fingerprint density at radius 2 is 1.81 bits per heavy atom. The predicted molar refractivity (Wildman–Crippen MR) is 104 cm³/mol. The molecule has 0 aromatic heterocycles. The van der Waals surface area contributed by atoms with E-state index in [4.69, 9.17) is 0 Å². The lowest BCUT2D eigenvalue weighted by Crippen LogP contribution is -2.61. The summed E-state index contributed by atoms with van der Waals surface area (Å²) in [6.45, 7) is 7.88. The molecule has 1 amide bonds. The molecule has 2 unspecified atom stereocenters. The first-order valence-corrected chi connectivity index (χ1v) is 11.1. The molecule has 2 fully saturated rings. The molecule has 1 aromatic carbocycles. The Kier molecular flexibility index (Phi) is 5.53. The third-order valence-electron chi connectivity index (χ3n) is 5.23. The Hall–Kier alpha value is -1.66. The SMILES string of the molecule is CC(=Cc1ccccc1)CN1CCN(C(=O)C(C)C)C2CS(=O)(=O)CC21. The summed E-state index contributed by atoms with van der Waals surface area (Å²) < 4.78 is 24.6. The van der Waals surface area contributed by atoms with Gasteiger partial charge >= 0.3 is 0 Å². The Labute approximate surface area is 156 Å². The molecule has 142 valence electrons. The highest BCUT2D eigenvalue weighted by atomic mass is 32.2.